The Morgan fingerprint density at radius 1 is 0.933 bits per heavy atom. The van der Waals surface area contributed by atoms with Crippen molar-refractivity contribution in [3.8, 4) is 5.75 Å². The third-order valence-corrected chi connectivity index (χ3v) is 5.93. The summed E-state index contributed by atoms with van der Waals surface area (Å²) in [5.74, 6) is 0.357. The van der Waals surface area contributed by atoms with Crippen molar-refractivity contribution < 1.29 is 13.9 Å². The Hall–Kier alpha value is -2.96. The SMILES string of the molecule is O=C1/C(=C\c2ccc(OCc3ccc(F)cc3)cc2)SC(=S)N1Cc1ccccc1. The molecule has 3 aromatic carbocycles. The summed E-state index contributed by atoms with van der Waals surface area (Å²) in [7, 11) is 0. The molecule has 0 unspecified atom stereocenters. The molecule has 0 spiro atoms. The van der Waals surface area contributed by atoms with Gasteiger partial charge in [-0.05, 0) is 47.0 Å². The van der Waals surface area contributed by atoms with Crippen LogP contribution in [0.3, 0.4) is 0 Å². The number of hydrogen-bond donors (Lipinski definition) is 0. The lowest BCUT2D eigenvalue weighted by atomic mass is 10.2. The van der Waals surface area contributed by atoms with Crippen LogP contribution in [0.2, 0.25) is 0 Å². The number of carbonyl (C=O) groups is 1. The molecule has 0 bridgehead atoms. The molecule has 0 saturated carbocycles. The molecule has 0 aliphatic carbocycles. The molecule has 0 radical (unpaired) electrons. The predicted molar refractivity (Wildman–Crippen MR) is 122 cm³/mol. The number of nitrogens with zero attached hydrogens (tertiary/aromatic N) is 1. The van der Waals surface area contributed by atoms with Crippen LogP contribution in [0.15, 0.2) is 83.8 Å². The molecule has 4 rings (SSSR count). The van der Waals surface area contributed by atoms with Gasteiger partial charge in [-0.25, -0.2) is 4.39 Å². The second-order valence-corrected chi connectivity index (χ2v) is 8.41. The van der Waals surface area contributed by atoms with E-state index >= 15 is 0 Å². The fourth-order valence-corrected chi connectivity index (χ4v) is 4.22. The van der Waals surface area contributed by atoms with Crippen molar-refractivity contribution in [1.29, 1.82) is 0 Å². The monoisotopic (exact) mass is 435 g/mol. The van der Waals surface area contributed by atoms with Crippen molar-refractivity contribution in [2.75, 3.05) is 0 Å². The molecule has 0 atom stereocenters. The van der Waals surface area contributed by atoms with Gasteiger partial charge >= 0.3 is 0 Å². The minimum Gasteiger partial charge on any atom is -0.489 e. The second kappa shape index (κ2) is 9.24. The molecular formula is C24H18FNO2S2. The molecule has 30 heavy (non-hydrogen) atoms. The van der Waals surface area contributed by atoms with E-state index in [4.69, 9.17) is 17.0 Å². The van der Waals surface area contributed by atoms with Gasteiger partial charge in [0.05, 0.1) is 11.4 Å². The first kappa shape index (κ1) is 20.3. The van der Waals surface area contributed by atoms with Gasteiger partial charge in [-0.15, -0.1) is 0 Å². The Kier molecular flexibility index (Phi) is 6.26. The Balaban J connectivity index is 1.40. The summed E-state index contributed by atoms with van der Waals surface area (Å²) in [6.07, 6.45) is 1.84. The largest absolute Gasteiger partial charge is 0.489 e. The fourth-order valence-electron chi connectivity index (χ4n) is 2.96. The first-order valence-corrected chi connectivity index (χ1v) is 10.6. The molecule has 1 amide bonds. The number of halogens is 1. The van der Waals surface area contributed by atoms with Crippen LogP contribution in [-0.4, -0.2) is 15.1 Å². The topological polar surface area (TPSA) is 29.5 Å². The summed E-state index contributed by atoms with van der Waals surface area (Å²) >= 11 is 6.72. The number of thioether (sulfide) groups is 1. The molecule has 150 valence electrons. The zero-order chi connectivity index (χ0) is 20.9. The molecule has 1 aliphatic rings. The summed E-state index contributed by atoms with van der Waals surface area (Å²) in [4.78, 5) is 15.0. The molecule has 0 N–H and O–H groups in total. The van der Waals surface area contributed by atoms with Crippen LogP contribution >= 0.6 is 24.0 Å². The van der Waals surface area contributed by atoms with Crippen LogP contribution in [0.5, 0.6) is 5.75 Å². The maximum absolute atomic E-state index is 13.0. The van der Waals surface area contributed by atoms with E-state index in [1.807, 2.05) is 60.7 Å². The van der Waals surface area contributed by atoms with Crippen LogP contribution in [0.1, 0.15) is 16.7 Å². The number of thiocarbonyl (C=S) groups is 1. The van der Waals surface area contributed by atoms with Gasteiger partial charge < -0.3 is 4.74 Å². The van der Waals surface area contributed by atoms with E-state index in [1.165, 1.54) is 23.9 Å². The van der Waals surface area contributed by atoms with E-state index in [1.54, 1.807) is 17.0 Å². The summed E-state index contributed by atoms with van der Waals surface area (Å²) in [5.41, 5.74) is 2.82. The standard InChI is InChI=1S/C24H18FNO2S2/c25-20-10-6-19(7-11-20)16-28-21-12-8-17(9-13-21)14-22-23(27)26(24(29)30-22)15-18-4-2-1-3-5-18/h1-14H,15-16H2/b22-14+. The number of amides is 1. The van der Waals surface area contributed by atoms with E-state index in [9.17, 15) is 9.18 Å². The molecule has 0 aromatic heterocycles. The van der Waals surface area contributed by atoms with Gasteiger partial charge in [0.1, 0.15) is 22.5 Å². The van der Waals surface area contributed by atoms with Crippen LogP contribution < -0.4 is 4.74 Å². The van der Waals surface area contributed by atoms with Gasteiger partial charge in [0.25, 0.3) is 5.91 Å². The Bertz CT molecular complexity index is 1080. The minimum atomic E-state index is -0.266. The number of hydrogen-bond acceptors (Lipinski definition) is 4. The smallest absolute Gasteiger partial charge is 0.266 e. The Morgan fingerprint density at radius 3 is 2.33 bits per heavy atom. The van der Waals surface area contributed by atoms with E-state index < -0.39 is 0 Å². The lowest BCUT2D eigenvalue weighted by molar-refractivity contribution is -0.122. The quantitative estimate of drug-likeness (QED) is 0.361. The van der Waals surface area contributed by atoms with Crippen molar-refractivity contribution in [3.05, 3.63) is 106 Å². The van der Waals surface area contributed by atoms with Gasteiger partial charge in [-0.2, -0.15) is 0 Å². The maximum atomic E-state index is 13.0. The first-order chi connectivity index (χ1) is 14.6. The molecule has 6 heteroatoms. The summed E-state index contributed by atoms with van der Waals surface area (Å²) in [6.45, 7) is 0.830. The zero-order valence-electron chi connectivity index (χ0n) is 16.0. The highest BCUT2D eigenvalue weighted by Crippen LogP contribution is 2.33. The number of ether oxygens (including phenoxy) is 1. The molecular weight excluding hydrogens is 417 g/mol. The average Bonchev–Trinajstić information content (AvgIpc) is 3.02. The average molecular weight is 436 g/mol. The lowest BCUT2D eigenvalue weighted by Gasteiger charge is -2.14. The van der Waals surface area contributed by atoms with E-state index in [0.29, 0.717) is 28.1 Å². The molecule has 3 nitrogen and oxygen atoms in total. The van der Waals surface area contributed by atoms with Gasteiger partial charge in [0, 0.05) is 0 Å². The van der Waals surface area contributed by atoms with Crippen molar-refractivity contribution in [2.24, 2.45) is 0 Å². The van der Waals surface area contributed by atoms with Crippen LogP contribution in [-0.2, 0) is 17.9 Å². The van der Waals surface area contributed by atoms with Crippen molar-refractivity contribution in [3.63, 3.8) is 0 Å². The van der Waals surface area contributed by atoms with E-state index in [0.717, 1.165) is 16.7 Å². The minimum absolute atomic E-state index is 0.0783. The van der Waals surface area contributed by atoms with Crippen LogP contribution in [0.25, 0.3) is 6.08 Å². The van der Waals surface area contributed by atoms with Gasteiger partial charge in [-0.1, -0.05) is 78.6 Å². The Labute approximate surface area is 184 Å². The van der Waals surface area contributed by atoms with Crippen molar-refractivity contribution in [2.45, 2.75) is 13.2 Å². The number of rotatable bonds is 6. The molecule has 1 heterocycles. The van der Waals surface area contributed by atoms with Gasteiger partial charge in [0.2, 0.25) is 0 Å². The fraction of sp³-hybridized carbons (Fsp3) is 0.0833. The normalized spacial score (nSPS) is 15.1. The summed E-state index contributed by atoms with van der Waals surface area (Å²) < 4.78 is 19.3. The van der Waals surface area contributed by atoms with Crippen molar-refractivity contribution >= 4 is 40.3 Å². The maximum Gasteiger partial charge on any atom is 0.266 e. The molecule has 1 saturated heterocycles. The Morgan fingerprint density at radius 2 is 1.63 bits per heavy atom. The highest BCUT2D eigenvalue weighted by Gasteiger charge is 2.31. The van der Waals surface area contributed by atoms with Crippen molar-refractivity contribution in [1.82, 2.24) is 4.90 Å². The molecule has 3 aromatic rings. The zero-order valence-corrected chi connectivity index (χ0v) is 17.6. The second-order valence-electron chi connectivity index (χ2n) is 6.74. The van der Waals surface area contributed by atoms with Gasteiger partial charge in [0.15, 0.2) is 0 Å². The summed E-state index contributed by atoms with van der Waals surface area (Å²) in [6, 6.07) is 23.5. The van der Waals surface area contributed by atoms with E-state index in [-0.39, 0.29) is 11.7 Å². The predicted octanol–water partition coefficient (Wildman–Crippen LogP) is 5.81. The number of carbonyl (C=O) groups excluding carboxylic acids is 1. The summed E-state index contributed by atoms with van der Waals surface area (Å²) in [5, 5.41) is 0. The van der Waals surface area contributed by atoms with Crippen LogP contribution in [0, 0.1) is 5.82 Å². The highest BCUT2D eigenvalue weighted by molar-refractivity contribution is 8.26. The highest BCUT2D eigenvalue weighted by atomic mass is 32.2. The lowest BCUT2D eigenvalue weighted by Crippen LogP contribution is -2.27. The number of benzene rings is 3. The first-order valence-electron chi connectivity index (χ1n) is 9.35. The van der Waals surface area contributed by atoms with Crippen LogP contribution in [0.4, 0.5) is 4.39 Å². The third kappa shape index (κ3) is 4.96. The van der Waals surface area contributed by atoms with E-state index in [2.05, 4.69) is 0 Å². The molecule has 1 aliphatic heterocycles. The van der Waals surface area contributed by atoms with Gasteiger partial charge in [-0.3, -0.25) is 9.69 Å². The third-order valence-electron chi connectivity index (χ3n) is 4.55. The molecule has 1 fully saturated rings.